The minimum absolute atomic E-state index is 0.0201. The van der Waals surface area contributed by atoms with Crippen molar-refractivity contribution in [3.05, 3.63) is 70.8 Å². The van der Waals surface area contributed by atoms with Gasteiger partial charge in [-0.25, -0.2) is 0 Å². The number of nitrogens with zero attached hydrogens (tertiary/aromatic N) is 1. The highest BCUT2D eigenvalue weighted by Gasteiger charge is 2.12. The van der Waals surface area contributed by atoms with E-state index in [1.54, 1.807) is 24.3 Å². The Morgan fingerprint density at radius 1 is 1.04 bits per heavy atom. The van der Waals surface area contributed by atoms with Crippen LogP contribution in [0.2, 0.25) is 0 Å². The van der Waals surface area contributed by atoms with E-state index >= 15 is 0 Å². The van der Waals surface area contributed by atoms with Gasteiger partial charge in [-0.1, -0.05) is 43.3 Å². The Morgan fingerprint density at radius 3 is 2.30 bits per heavy atom. The van der Waals surface area contributed by atoms with Crippen LogP contribution in [-0.2, 0) is 29.5 Å². The van der Waals surface area contributed by atoms with Crippen molar-refractivity contribution in [2.24, 2.45) is 0 Å². The van der Waals surface area contributed by atoms with Crippen molar-refractivity contribution in [2.75, 3.05) is 13.3 Å². The Balaban J connectivity index is 2.07. The van der Waals surface area contributed by atoms with E-state index in [0.717, 1.165) is 17.5 Å². The second-order valence-electron chi connectivity index (χ2n) is 5.75. The van der Waals surface area contributed by atoms with Crippen molar-refractivity contribution in [1.29, 1.82) is 0 Å². The fraction of sp³-hybridized carbons (Fsp3) is 0.316. The molecule has 0 aliphatic heterocycles. The summed E-state index contributed by atoms with van der Waals surface area (Å²) < 4.78 is 11.3. The van der Waals surface area contributed by atoms with Crippen molar-refractivity contribution in [1.82, 2.24) is 4.90 Å². The van der Waals surface area contributed by atoms with Crippen LogP contribution in [0.15, 0.2) is 48.5 Å². The number of rotatable bonds is 6. The molecule has 3 nitrogen and oxygen atoms in total. The molecule has 0 heterocycles. The van der Waals surface area contributed by atoms with Crippen LogP contribution >= 0.6 is 0 Å². The lowest BCUT2D eigenvalue weighted by atomic mass is 10.1. The van der Waals surface area contributed by atoms with Gasteiger partial charge in [-0.2, -0.15) is 0 Å². The van der Waals surface area contributed by atoms with Gasteiger partial charge in [-0.05, 0) is 35.2 Å². The van der Waals surface area contributed by atoms with E-state index < -0.39 is 10.8 Å². The fourth-order valence-corrected chi connectivity index (χ4v) is 3.12. The minimum Gasteiger partial charge on any atom is -0.337 e. The summed E-state index contributed by atoms with van der Waals surface area (Å²) in [5.74, 6) is 0.455. The number of benzene rings is 2. The van der Waals surface area contributed by atoms with Crippen molar-refractivity contribution in [2.45, 2.75) is 25.6 Å². The fourth-order valence-electron chi connectivity index (χ4n) is 2.48. The van der Waals surface area contributed by atoms with Gasteiger partial charge in [0.1, 0.15) is 0 Å². The Morgan fingerprint density at radius 2 is 1.70 bits per heavy atom. The molecule has 4 heteroatoms. The lowest BCUT2D eigenvalue weighted by molar-refractivity contribution is 0.0785. The molecule has 0 aromatic heterocycles. The first-order valence-corrected chi connectivity index (χ1v) is 9.44. The molecular formula is C19H23NO2S. The summed E-state index contributed by atoms with van der Waals surface area (Å²) in [5.41, 5.74) is 3.98. The third-order valence-corrected chi connectivity index (χ3v) is 4.48. The zero-order valence-corrected chi connectivity index (χ0v) is 14.7. The Kier molecular flexibility index (Phi) is 6.11. The largest absolute Gasteiger partial charge is 0.337 e. The molecule has 0 bridgehead atoms. The van der Waals surface area contributed by atoms with Crippen LogP contribution in [0.5, 0.6) is 0 Å². The van der Waals surface area contributed by atoms with E-state index in [1.165, 1.54) is 5.56 Å². The second kappa shape index (κ2) is 8.06. The maximum absolute atomic E-state index is 12.6. The lowest BCUT2D eigenvalue weighted by Crippen LogP contribution is -2.26. The molecule has 0 saturated heterocycles. The van der Waals surface area contributed by atoms with E-state index in [0.29, 0.717) is 17.9 Å². The normalized spacial score (nSPS) is 12.0. The summed E-state index contributed by atoms with van der Waals surface area (Å²) in [7, 11) is 0.898. The number of hydrogen-bond donors (Lipinski definition) is 0. The highest BCUT2D eigenvalue weighted by Crippen LogP contribution is 2.12. The molecule has 0 spiro atoms. The number of carbonyl (C=O) groups excluding carboxylic acids is 1. The van der Waals surface area contributed by atoms with Gasteiger partial charge < -0.3 is 4.90 Å². The Bertz CT molecular complexity index is 695. The maximum atomic E-state index is 12.6. The van der Waals surface area contributed by atoms with E-state index in [-0.39, 0.29) is 5.91 Å². The van der Waals surface area contributed by atoms with Gasteiger partial charge in [0.15, 0.2) is 0 Å². The van der Waals surface area contributed by atoms with Gasteiger partial charge in [0.05, 0.1) is 0 Å². The quantitative estimate of drug-likeness (QED) is 0.814. The van der Waals surface area contributed by atoms with Gasteiger partial charge in [0.2, 0.25) is 0 Å². The molecule has 0 N–H and O–H groups in total. The molecule has 2 aromatic carbocycles. The van der Waals surface area contributed by atoms with E-state index in [4.69, 9.17) is 0 Å². The van der Waals surface area contributed by atoms with Crippen molar-refractivity contribution in [3.8, 4) is 0 Å². The van der Waals surface area contributed by atoms with Crippen molar-refractivity contribution >= 4 is 16.7 Å². The molecule has 0 radical (unpaired) electrons. The van der Waals surface area contributed by atoms with Crippen LogP contribution in [0.1, 0.15) is 34.0 Å². The van der Waals surface area contributed by atoms with Crippen molar-refractivity contribution in [3.63, 3.8) is 0 Å². The molecule has 1 amide bonds. The zero-order valence-electron chi connectivity index (χ0n) is 13.9. The third-order valence-electron chi connectivity index (χ3n) is 3.74. The topological polar surface area (TPSA) is 37.4 Å². The van der Waals surface area contributed by atoms with Crippen LogP contribution < -0.4 is 0 Å². The molecule has 0 saturated carbocycles. The van der Waals surface area contributed by atoms with Gasteiger partial charge >= 0.3 is 0 Å². The summed E-state index contributed by atoms with van der Waals surface area (Å²) in [5, 5.41) is 0. The molecule has 23 heavy (non-hydrogen) atoms. The molecule has 1 atom stereocenters. The standard InChI is InChI=1S/C19H23NO2S/c1-4-15-8-10-16(11-9-15)13-20(2)19(21)18-7-5-6-17(12-18)14-23(3)22/h5-12H,4,13-14H2,1-3H3. The molecule has 122 valence electrons. The minimum atomic E-state index is -0.908. The summed E-state index contributed by atoms with van der Waals surface area (Å²) >= 11 is 0. The summed E-state index contributed by atoms with van der Waals surface area (Å²) in [6, 6.07) is 15.7. The number of hydrogen-bond acceptors (Lipinski definition) is 2. The van der Waals surface area contributed by atoms with Crippen LogP contribution in [0, 0.1) is 0 Å². The van der Waals surface area contributed by atoms with Crippen LogP contribution in [0.25, 0.3) is 0 Å². The van der Waals surface area contributed by atoms with E-state index in [9.17, 15) is 9.00 Å². The smallest absolute Gasteiger partial charge is 0.253 e. The van der Waals surface area contributed by atoms with Crippen molar-refractivity contribution < 1.29 is 9.00 Å². The molecular weight excluding hydrogens is 306 g/mol. The van der Waals surface area contributed by atoms with Crippen LogP contribution in [-0.4, -0.2) is 28.3 Å². The molecule has 2 aromatic rings. The summed E-state index contributed by atoms with van der Waals surface area (Å²) in [4.78, 5) is 14.3. The molecule has 0 fully saturated rings. The predicted molar refractivity (Wildman–Crippen MR) is 95.8 cm³/mol. The number of aryl methyl sites for hydroxylation is 1. The van der Waals surface area contributed by atoms with E-state index in [1.807, 2.05) is 18.2 Å². The van der Waals surface area contributed by atoms with Gasteiger partial charge in [-0.3, -0.25) is 9.00 Å². The first-order valence-electron chi connectivity index (χ1n) is 7.72. The third kappa shape index (κ3) is 5.03. The van der Waals surface area contributed by atoms with Gasteiger partial charge in [0.25, 0.3) is 5.91 Å². The van der Waals surface area contributed by atoms with Crippen LogP contribution in [0.4, 0.5) is 0 Å². The zero-order chi connectivity index (χ0) is 16.8. The summed E-state index contributed by atoms with van der Waals surface area (Å²) in [6.07, 6.45) is 2.68. The first kappa shape index (κ1) is 17.4. The number of amides is 1. The summed E-state index contributed by atoms with van der Waals surface area (Å²) in [6.45, 7) is 2.70. The second-order valence-corrected chi connectivity index (χ2v) is 7.18. The Hall–Kier alpha value is -1.94. The first-order chi connectivity index (χ1) is 11.0. The molecule has 2 rings (SSSR count). The number of carbonyl (C=O) groups is 1. The average molecular weight is 329 g/mol. The van der Waals surface area contributed by atoms with Gasteiger partial charge in [-0.15, -0.1) is 0 Å². The van der Waals surface area contributed by atoms with Gasteiger partial charge in [0, 0.05) is 42.0 Å². The SMILES string of the molecule is CCc1ccc(CN(C)C(=O)c2cccc(CS(C)=O)c2)cc1. The Labute approximate surface area is 140 Å². The monoisotopic (exact) mass is 329 g/mol. The highest BCUT2D eigenvalue weighted by molar-refractivity contribution is 7.83. The predicted octanol–water partition coefficient (Wildman–Crippen LogP) is 3.40. The maximum Gasteiger partial charge on any atom is 0.253 e. The highest BCUT2D eigenvalue weighted by atomic mass is 32.2. The average Bonchev–Trinajstić information content (AvgIpc) is 2.54. The van der Waals surface area contributed by atoms with E-state index in [2.05, 4.69) is 31.2 Å². The molecule has 0 aliphatic rings. The molecule has 1 unspecified atom stereocenters. The lowest BCUT2D eigenvalue weighted by Gasteiger charge is -2.18. The molecule has 0 aliphatic carbocycles. The van der Waals surface area contributed by atoms with Crippen LogP contribution in [0.3, 0.4) is 0 Å².